The molecule has 4 heteroatoms. The van der Waals surface area contributed by atoms with Crippen molar-refractivity contribution < 1.29 is 9.59 Å². The predicted molar refractivity (Wildman–Crippen MR) is 51.3 cm³/mol. The lowest BCUT2D eigenvalue weighted by molar-refractivity contribution is -0.173. The summed E-state index contributed by atoms with van der Waals surface area (Å²) in [5.41, 5.74) is -1.18. The van der Waals surface area contributed by atoms with E-state index in [1.54, 1.807) is 23.9 Å². The van der Waals surface area contributed by atoms with Crippen LogP contribution in [0.3, 0.4) is 0 Å². The van der Waals surface area contributed by atoms with Crippen molar-refractivity contribution >= 4 is 11.8 Å². The van der Waals surface area contributed by atoms with Gasteiger partial charge in [0, 0.05) is 14.1 Å². The van der Waals surface area contributed by atoms with Crippen LogP contribution in [0.5, 0.6) is 0 Å². The van der Waals surface area contributed by atoms with Crippen molar-refractivity contribution in [3.63, 3.8) is 0 Å². The van der Waals surface area contributed by atoms with Crippen LogP contribution in [0, 0.1) is 5.41 Å². The zero-order valence-corrected chi connectivity index (χ0v) is 9.13. The molecule has 0 aromatic carbocycles. The van der Waals surface area contributed by atoms with Gasteiger partial charge >= 0.3 is 0 Å². The number of carbonyl (C=O) groups is 2. The van der Waals surface area contributed by atoms with Crippen molar-refractivity contribution in [2.75, 3.05) is 14.1 Å². The van der Waals surface area contributed by atoms with Crippen LogP contribution in [-0.2, 0) is 9.59 Å². The molecule has 0 N–H and O–H groups in total. The monoisotopic (exact) mass is 196 g/mol. The first kappa shape index (κ1) is 9.49. The summed E-state index contributed by atoms with van der Waals surface area (Å²) in [5.74, 6) is -0.0174. The highest BCUT2D eigenvalue weighted by atomic mass is 16.2. The summed E-state index contributed by atoms with van der Waals surface area (Å²) in [6, 6.07) is 0. The highest BCUT2D eigenvalue weighted by Gasteiger charge is 2.64. The molecule has 0 bridgehead atoms. The van der Waals surface area contributed by atoms with Crippen LogP contribution in [0.4, 0.5) is 0 Å². The Labute approximate surface area is 83.9 Å². The van der Waals surface area contributed by atoms with E-state index < -0.39 is 11.1 Å². The van der Waals surface area contributed by atoms with Gasteiger partial charge in [0.25, 0.3) is 0 Å². The Balaban J connectivity index is 2.42. The summed E-state index contributed by atoms with van der Waals surface area (Å²) in [6.45, 7) is 3.77. The van der Waals surface area contributed by atoms with Crippen molar-refractivity contribution in [3.05, 3.63) is 0 Å². The lowest BCUT2D eigenvalue weighted by Gasteiger charge is -2.49. The number of rotatable bonds is 0. The van der Waals surface area contributed by atoms with E-state index in [1.807, 2.05) is 13.8 Å². The van der Waals surface area contributed by atoms with Crippen LogP contribution in [0.2, 0.25) is 0 Å². The Morgan fingerprint density at radius 2 is 1.36 bits per heavy atom. The minimum atomic E-state index is -0.682. The second kappa shape index (κ2) is 2.30. The average molecular weight is 196 g/mol. The molecule has 2 rings (SSSR count). The third kappa shape index (κ3) is 0.837. The fraction of sp³-hybridized carbons (Fsp3) is 0.800. The highest BCUT2D eigenvalue weighted by molar-refractivity contribution is 6.10. The van der Waals surface area contributed by atoms with Crippen molar-refractivity contribution in [1.29, 1.82) is 0 Å². The quantitative estimate of drug-likeness (QED) is 0.527. The van der Waals surface area contributed by atoms with E-state index in [-0.39, 0.29) is 11.8 Å². The number of amides is 2. The molecule has 1 saturated heterocycles. The summed E-state index contributed by atoms with van der Waals surface area (Å²) in [6.07, 6.45) is 1.44. The molecule has 4 nitrogen and oxygen atoms in total. The van der Waals surface area contributed by atoms with Gasteiger partial charge in [0.2, 0.25) is 11.8 Å². The molecule has 0 unspecified atom stereocenters. The van der Waals surface area contributed by atoms with Crippen LogP contribution >= 0.6 is 0 Å². The van der Waals surface area contributed by atoms with Crippen molar-refractivity contribution in [2.45, 2.75) is 32.4 Å². The van der Waals surface area contributed by atoms with Crippen molar-refractivity contribution in [1.82, 2.24) is 9.80 Å². The first-order valence-corrected chi connectivity index (χ1v) is 4.90. The van der Waals surface area contributed by atoms with Gasteiger partial charge in [-0.3, -0.25) is 9.59 Å². The Kier molecular flexibility index (Phi) is 1.56. The third-order valence-corrected chi connectivity index (χ3v) is 3.82. The fourth-order valence-electron chi connectivity index (χ4n) is 2.01. The standard InChI is InChI=1S/C10H16N2O2/c1-9(2)11(3)7(13)10(5-6-10)8(14)12(9)4/h5-6H2,1-4H3. The van der Waals surface area contributed by atoms with Crippen LogP contribution in [-0.4, -0.2) is 41.4 Å². The molecule has 1 saturated carbocycles. The van der Waals surface area contributed by atoms with Crippen LogP contribution in [0.25, 0.3) is 0 Å². The zero-order chi connectivity index (χ0) is 10.7. The van der Waals surface area contributed by atoms with E-state index in [0.29, 0.717) is 0 Å². The Hall–Kier alpha value is -1.06. The lowest BCUT2D eigenvalue weighted by atomic mass is 9.95. The van der Waals surface area contributed by atoms with Crippen molar-refractivity contribution in [2.24, 2.45) is 5.41 Å². The minimum absolute atomic E-state index is 0.00870. The fourth-order valence-corrected chi connectivity index (χ4v) is 2.01. The molecule has 2 amide bonds. The van der Waals surface area contributed by atoms with Gasteiger partial charge in [-0.05, 0) is 26.7 Å². The molecule has 1 aliphatic carbocycles. The highest BCUT2D eigenvalue weighted by Crippen LogP contribution is 2.52. The van der Waals surface area contributed by atoms with Gasteiger partial charge in [-0.1, -0.05) is 0 Å². The van der Waals surface area contributed by atoms with Crippen LogP contribution in [0.15, 0.2) is 0 Å². The molecule has 0 aromatic rings. The average Bonchev–Trinajstić information content (AvgIpc) is 2.92. The zero-order valence-electron chi connectivity index (χ0n) is 9.13. The van der Waals surface area contributed by atoms with E-state index in [1.165, 1.54) is 0 Å². The molecule has 14 heavy (non-hydrogen) atoms. The van der Waals surface area contributed by atoms with Gasteiger partial charge in [0.1, 0.15) is 11.1 Å². The largest absolute Gasteiger partial charge is 0.322 e. The van der Waals surface area contributed by atoms with Gasteiger partial charge in [0.15, 0.2) is 0 Å². The summed E-state index contributed by atoms with van der Waals surface area (Å²) >= 11 is 0. The summed E-state index contributed by atoms with van der Waals surface area (Å²) in [7, 11) is 3.54. The maximum atomic E-state index is 12.0. The predicted octanol–water partition coefficient (Wildman–Crippen LogP) is 0.433. The first-order chi connectivity index (χ1) is 6.34. The minimum Gasteiger partial charge on any atom is -0.322 e. The topological polar surface area (TPSA) is 40.6 Å². The van der Waals surface area contributed by atoms with E-state index >= 15 is 0 Å². The van der Waals surface area contributed by atoms with E-state index in [9.17, 15) is 9.59 Å². The normalized spacial score (nSPS) is 28.6. The first-order valence-electron chi connectivity index (χ1n) is 4.90. The molecule has 1 aliphatic heterocycles. The van der Waals surface area contributed by atoms with E-state index in [4.69, 9.17) is 0 Å². The number of nitrogens with zero attached hydrogens (tertiary/aromatic N) is 2. The van der Waals surface area contributed by atoms with Gasteiger partial charge in [-0.15, -0.1) is 0 Å². The van der Waals surface area contributed by atoms with Crippen LogP contribution < -0.4 is 0 Å². The molecule has 0 radical (unpaired) electrons. The van der Waals surface area contributed by atoms with E-state index in [2.05, 4.69) is 0 Å². The van der Waals surface area contributed by atoms with Crippen LogP contribution in [0.1, 0.15) is 26.7 Å². The Morgan fingerprint density at radius 3 is 1.64 bits per heavy atom. The number of hydrogen-bond donors (Lipinski definition) is 0. The lowest BCUT2D eigenvalue weighted by Crippen LogP contribution is -2.66. The summed E-state index contributed by atoms with van der Waals surface area (Å²) in [4.78, 5) is 27.3. The maximum Gasteiger partial charge on any atom is 0.239 e. The Morgan fingerprint density at radius 1 is 1.00 bits per heavy atom. The molecule has 78 valence electrons. The maximum absolute atomic E-state index is 12.0. The smallest absolute Gasteiger partial charge is 0.239 e. The molecule has 0 aromatic heterocycles. The third-order valence-electron chi connectivity index (χ3n) is 3.82. The van der Waals surface area contributed by atoms with Gasteiger partial charge in [0.05, 0.1) is 0 Å². The van der Waals surface area contributed by atoms with Gasteiger partial charge < -0.3 is 9.80 Å². The second-order valence-electron chi connectivity index (χ2n) is 4.80. The Bertz CT molecular complexity index is 292. The molecular formula is C10H16N2O2. The van der Waals surface area contributed by atoms with Crippen molar-refractivity contribution in [3.8, 4) is 0 Å². The molecule has 1 spiro atoms. The molecule has 2 aliphatic rings. The number of hydrogen-bond acceptors (Lipinski definition) is 2. The van der Waals surface area contributed by atoms with E-state index in [0.717, 1.165) is 12.8 Å². The summed E-state index contributed by atoms with van der Waals surface area (Å²) in [5, 5.41) is 0. The molecule has 0 atom stereocenters. The second-order valence-corrected chi connectivity index (χ2v) is 4.80. The molecule has 1 heterocycles. The molecule has 2 fully saturated rings. The molecular weight excluding hydrogens is 180 g/mol. The van der Waals surface area contributed by atoms with Gasteiger partial charge in [-0.25, -0.2) is 0 Å². The number of carbonyl (C=O) groups excluding carboxylic acids is 2. The SMILES string of the molecule is CN1C(=O)C2(CC2)C(=O)N(C)C1(C)C. The summed E-state index contributed by atoms with van der Waals surface area (Å²) < 4.78 is 0. The van der Waals surface area contributed by atoms with Gasteiger partial charge in [-0.2, -0.15) is 0 Å².